The van der Waals surface area contributed by atoms with Crippen LogP contribution in [0.25, 0.3) is 16.5 Å². The van der Waals surface area contributed by atoms with Gasteiger partial charge in [0, 0.05) is 68.9 Å². The standard InChI is InChI=1S/C37H44F2N8O3/c1-3-24-7-4-5-9-27(24)29-20-28(25-8-6-12-46(23-25)33(48)10-13-47-14-11-41-43-47)34(39)35-30(29)21-31(42-35)37(49)45-17-15-44(16-18-45)36-32(50-2)19-26(38)22-40-36/h8,11,14,19-22,24,27,42H,3-7,9-10,12-13,15-18,23H2,1-2H3. The van der Waals surface area contributed by atoms with E-state index in [1.54, 1.807) is 26.9 Å². The van der Waals surface area contributed by atoms with Crippen molar-refractivity contribution in [1.82, 2.24) is 34.8 Å². The number of fused-ring (bicyclic) bond motifs is 1. The van der Waals surface area contributed by atoms with Crippen LogP contribution in [0.3, 0.4) is 0 Å². The number of hydrogen-bond donors (Lipinski definition) is 1. The predicted molar refractivity (Wildman–Crippen MR) is 186 cm³/mol. The van der Waals surface area contributed by atoms with Gasteiger partial charge in [-0.1, -0.05) is 37.5 Å². The van der Waals surface area contributed by atoms with Gasteiger partial charge < -0.3 is 24.4 Å². The number of nitrogens with one attached hydrogen (secondary N) is 1. The van der Waals surface area contributed by atoms with Crippen molar-refractivity contribution < 1.29 is 23.1 Å². The highest BCUT2D eigenvalue weighted by atomic mass is 19.1. The number of aryl methyl sites for hydroxylation is 1. The summed E-state index contributed by atoms with van der Waals surface area (Å²) in [6.07, 6.45) is 12.9. The molecule has 2 unspecified atom stereocenters. The van der Waals surface area contributed by atoms with Gasteiger partial charge in [0.15, 0.2) is 17.4 Å². The van der Waals surface area contributed by atoms with Gasteiger partial charge in [-0.25, -0.2) is 13.8 Å². The summed E-state index contributed by atoms with van der Waals surface area (Å²) in [7, 11) is 1.48. The molecule has 2 atom stereocenters. The molecule has 0 bridgehead atoms. The molecule has 0 radical (unpaired) electrons. The fourth-order valence-corrected chi connectivity index (χ4v) is 8.01. The van der Waals surface area contributed by atoms with Crippen molar-refractivity contribution in [1.29, 1.82) is 0 Å². The minimum absolute atomic E-state index is 0.00681. The van der Waals surface area contributed by atoms with Crippen molar-refractivity contribution >= 4 is 34.1 Å². The van der Waals surface area contributed by atoms with Crippen molar-refractivity contribution in [2.24, 2.45) is 5.92 Å². The Hall–Kier alpha value is -4.81. The number of anilines is 1. The maximum atomic E-state index is 16.7. The SMILES string of the molecule is CCC1CCCCC1c1cc(C2=CCCN(C(=O)CCn3ccnn3)C2)c(F)c2[nH]c(C(=O)N3CCN(c4ncc(F)cc4OC)CC3)cc12. The average Bonchev–Trinajstić information content (AvgIpc) is 3.85. The lowest BCUT2D eigenvalue weighted by Crippen LogP contribution is -2.49. The molecular formula is C37H44F2N8O3. The molecule has 50 heavy (non-hydrogen) atoms. The van der Waals surface area contributed by atoms with Crippen LogP contribution in [0.5, 0.6) is 5.75 Å². The number of ether oxygens (including phenoxy) is 1. The Morgan fingerprint density at radius 2 is 1.86 bits per heavy atom. The number of rotatable bonds is 9. The number of hydrogen-bond acceptors (Lipinski definition) is 7. The molecule has 1 N–H and O–H groups in total. The Morgan fingerprint density at radius 3 is 2.62 bits per heavy atom. The van der Waals surface area contributed by atoms with E-state index in [9.17, 15) is 14.0 Å². The lowest BCUT2D eigenvalue weighted by molar-refractivity contribution is -0.131. The number of carbonyl (C=O) groups is 2. The number of aromatic nitrogens is 5. The molecule has 13 heteroatoms. The van der Waals surface area contributed by atoms with E-state index in [0.29, 0.717) is 86.5 Å². The van der Waals surface area contributed by atoms with Crippen LogP contribution in [-0.4, -0.2) is 93.0 Å². The highest BCUT2D eigenvalue weighted by Gasteiger charge is 2.32. The third-order valence-electron chi connectivity index (χ3n) is 10.7. The molecule has 11 nitrogen and oxygen atoms in total. The second-order valence-electron chi connectivity index (χ2n) is 13.6. The topological polar surface area (TPSA) is 112 Å². The molecule has 5 heterocycles. The van der Waals surface area contributed by atoms with E-state index >= 15 is 4.39 Å². The number of pyridine rings is 1. The van der Waals surface area contributed by atoms with Crippen LogP contribution in [0, 0.1) is 17.6 Å². The zero-order valence-electron chi connectivity index (χ0n) is 28.7. The first-order valence-corrected chi connectivity index (χ1v) is 17.7. The Morgan fingerprint density at radius 1 is 1.04 bits per heavy atom. The molecule has 1 saturated heterocycles. The first-order valence-electron chi connectivity index (χ1n) is 17.7. The Bertz CT molecular complexity index is 1880. The fraction of sp³-hybridized carbons (Fsp3) is 0.486. The number of benzene rings is 1. The number of piperazine rings is 1. The molecule has 264 valence electrons. The van der Waals surface area contributed by atoms with Crippen LogP contribution in [-0.2, 0) is 11.3 Å². The van der Waals surface area contributed by atoms with Gasteiger partial charge in [0.2, 0.25) is 5.91 Å². The van der Waals surface area contributed by atoms with E-state index in [4.69, 9.17) is 4.74 Å². The summed E-state index contributed by atoms with van der Waals surface area (Å²) >= 11 is 0. The van der Waals surface area contributed by atoms with Crippen molar-refractivity contribution in [3.63, 3.8) is 0 Å². The molecule has 1 saturated carbocycles. The summed E-state index contributed by atoms with van der Waals surface area (Å²) in [6.45, 7) is 5.39. The zero-order valence-corrected chi connectivity index (χ0v) is 28.7. The number of amides is 2. The van der Waals surface area contributed by atoms with E-state index in [0.717, 1.165) is 48.4 Å². The van der Waals surface area contributed by atoms with Gasteiger partial charge in [-0.05, 0) is 54.4 Å². The van der Waals surface area contributed by atoms with Gasteiger partial charge in [0.25, 0.3) is 5.91 Å². The molecule has 1 aliphatic carbocycles. The third kappa shape index (κ3) is 6.69. The monoisotopic (exact) mass is 686 g/mol. The first-order chi connectivity index (χ1) is 24.3. The van der Waals surface area contributed by atoms with Crippen LogP contribution in [0.1, 0.15) is 79.4 Å². The highest BCUT2D eigenvalue weighted by molar-refractivity contribution is 6.00. The van der Waals surface area contributed by atoms with E-state index in [2.05, 4.69) is 27.2 Å². The zero-order chi connectivity index (χ0) is 34.8. The number of halogens is 2. The Kier molecular flexibility index (Phi) is 9.82. The largest absolute Gasteiger partial charge is 0.493 e. The molecular weight excluding hydrogens is 642 g/mol. The third-order valence-corrected chi connectivity index (χ3v) is 10.7. The van der Waals surface area contributed by atoms with Gasteiger partial charge >= 0.3 is 0 Å². The maximum Gasteiger partial charge on any atom is 0.270 e. The van der Waals surface area contributed by atoms with Gasteiger partial charge in [0.1, 0.15) is 11.5 Å². The van der Waals surface area contributed by atoms with E-state index in [-0.39, 0.29) is 24.2 Å². The summed E-state index contributed by atoms with van der Waals surface area (Å²) in [6, 6.07) is 5.16. The lowest BCUT2D eigenvalue weighted by Gasteiger charge is -2.35. The molecule has 7 rings (SSSR count). The maximum absolute atomic E-state index is 16.7. The first kappa shape index (κ1) is 33.7. The summed E-state index contributed by atoms with van der Waals surface area (Å²) in [5, 5.41) is 8.53. The number of methoxy groups -OCH3 is 1. The highest BCUT2D eigenvalue weighted by Crippen LogP contribution is 2.44. The Balaban J connectivity index is 1.16. The summed E-state index contributed by atoms with van der Waals surface area (Å²) < 4.78 is 37.5. The molecule has 2 aliphatic heterocycles. The lowest BCUT2D eigenvalue weighted by atomic mass is 9.73. The van der Waals surface area contributed by atoms with Crippen LogP contribution in [0.4, 0.5) is 14.6 Å². The number of nitrogens with zero attached hydrogens (tertiary/aromatic N) is 7. The van der Waals surface area contributed by atoms with Gasteiger partial charge in [0.05, 0.1) is 31.6 Å². The molecule has 2 amide bonds. The molecule has 3 aromatic heterocycles. The summed E-state index contributed by atoms with van der Waals surface area (Å²) in [5.41, 5.74) is 3.06. The van der Waals surface area contributed by atoms with Crippen molar-refractivity contribution in [3.05, 3.63) is 71.3 Å². The van der Waals surface area contributed by atoms with Crippen LogP contribution in [0.15, 0.2) is 42.9 Å². The van der Waals surface area contributed by atoms with Gasteiger partial charge in [-0.15, -0.1) is 5.10 Å². The summed E-state index contributed by atoms with van der Waals surface area (Å²) in [4.78, 5) is 40.1. The molecule has 2 fully saturated rings. The predicted octanol–water partition coefficient (Wildman–Crippen LogP) is 5.79. The molecule has 1 aromatic carbocycles. The number of aromatic amines is 1. The van der Waals surface area contributed by atoms with Crippen LogP contribution < -0.4 is 9.64 Å². The molecule has 4 aromatic rings. The quantitative estimate of drug-likeness (QED) is 0.237. The van der Waals surface area contributed by atoms with Crippen molar-refractivity contribution in [2.45, 2.75) is 64.3 Å². The van der Waals surface area contributed by atoms with Gasteiger partial charge in [-0.2, -0.15) is 0 Å². The van der Waals surface area contributed by atoms with E-state index < -0.39 is 11.6 Å². The molecule has 3 aliphatic rings. The van der Waals surface area contributed by atoms with E-state index in [1.807, 2.05) is 23.1 Å². The second kappa shape index (κ2) is 14.6. The minimum atomic E-state index is -0.476. The number of H-pyrrole nitrogens is 1. The van der Waals surface area contributed by atoms with Crippen molar-refractivity contribution in [3.8, 4) is 5.75 Å². The minimum Gasteiger partial charge on any atom is -0.493 e. The average molecular weight is 687 g/mol. The van der Waals surface area contributed by atoms with E-state index in [1.165, 1.54) is 19.6 Å². The smallest absolute Gasteiger partial charge is 0.270 e. The summed E-state index contributed by atoms with van der Waals surface area (Å²) in [5.74, 6) is 0.540. The Labute approximate surface area is 290 Å². The normalized spacial score (nSPS) is 19.9. The van der Waals surface area contributed by atoms with Crippen molar-refractivity contribution in [2.75, 3.05) is 51.3 Å². The molecule has 0 spiro atoms. The fourth-order valence-electron chi connectivity index (χ4n) is 8.01. The van der Waals surface area contributed by atoms with Crippen LogP contribution >= 0.6 is 0 Å². The van der Waals surface area contributed by atoms with Gasteiger partial charge in [-0.3, -0.25) is 14.3 Å². The number of carbonyl (C=O) groups excluding carboxylic acids is 2. The van der Waals surface area contributed by atoms with Crippen LogP contribution in [0.2, 0.25) is 0 Å². The second-order valence-corrected chi connectivity index (χ2v) is 13.6.